The van der Waals surface area contributed by atoms with Crippen LogP contribution in [0.2, 0.25) is 5.15 Å². The summed E-state index contributed by atoms with van der Waals surface area (Å²) in [6, 6.07) is 12.9. The highest BCUT2D eigenvalue weighted by molar-refractivity contribution is 6.30. The van der Waals surface area contributed by atoms with E-state index in [0.717, 1.165) is 16.5 Å². The summed E-state index contributed by atoms with van der Waals surface area (Å²) in [6.45, 7) is 0. The molecule has 1 aromatic carbocycles. The van der Waals surface area contributed by atoms with E-state index in [1.54, 1.807) is 18.3 Å². The molecule has 0 unspecified atom stereocenters. The number of aromatic nitrogens is 2. The maximum atomic E-state index is 11.7. The van der Waals surface area contributed by atoms with Gasteiger partial charge in [-0.25, -0.2) is 4.98 Å². The number of halogens is 1. The van der Waals surface area contributed by atoms with Crippen molar-refractivity contribution in [3.63, 3.8) is 0 Å². The first-order valence-electron chi connectivity index (χ1n) is 6.36. The molecule has 2 aromatic heterocycles. The first kappa shape index (κ1) is 13.4. The van der Waals surface area contributed by atoms with Crippen molar-refractivity contribution in [2.24, 2.45) is 5.73 Å². The molecule has 0 spiro atoms. The third kappa shape index (κ3) is 2.66. The van der Waals surface area contributed by atoms with E-state index < -0.39 is 5.91 Å². The standard InChI is InChI=1S/C16H12ClN3O/c17-14-7-6-12-11(9-19-16(12)20-14)8-13(15(18)21)10-4-2-1-3-5-10/h1-9H,(H2,18,21)(H,19,20). The molecule has 0 bridgehead atoms. The van der Waals surface area contributed by atoms with Crippen LogP contribution in [0.4, 0.5) is 0 Å². The number of nitrogens with zero attached hydrogens (tertiary/aromatic N) is 1. The number of aromatic amines is 1. The lowest BCUT2D eigenvalue weighted by atomic mass is 10.0. The molecule has 21 heavy (non-hydrogen) atoms. The number of pyridine rings is 1. The summed E-state index contributed by atoms with van der Waals surface area (Å²) < 4.78 is 0. The van der Waals surface area contributed by atoms with Gasteiger partial charge in [0.2, 0.25) is 5.91 Å². The number of nitrogens with one attached hydrogen (secondary N) is 1. The van der Waals surface area contributed by atoms with Gasteiger partial charge in [-0.05, 0) is 23.8 Å². The van der Waals surface area contributed by atoms with E-state index in [0.29, 0.717) is 16.4 Å². The molecule has 0 atom stereocenters. The van der Waals surface area contributed by atoms with Gasteiger partial charge in [-0.15, -0.1) is 0 Å². The molecule has 0 aliphatic heterocycles. The highest BCUT2D eigenvalue weighted by atomic mass is 35.5. The lowest BCUT2D eigenvalue weighted by molar-refractivity contribution is -0.112. The quantitative estimate of drug-likeness (QED) is 0.575. The highest BCUT2D eigenvalue weighted by Gasteiger charge is 2.10. The van der Waals surface area contributed by atoms with Crippen molar-refractivity contribution in [3.05, 3.63) is 64.9 Å². The molecule has 1 amide bonds. The summed E-state index contributed by atoms with van der Waals surface area (Å²) in [5.74, 6) is -0.475. The number of carbonyl (C=O) groups excluding carboxylic acids is 1. The smallest absolute Gasteiger partial charge is 0.249 e. The van der Waals surface area contributed by atoms with Crippen LogP contribution in [0, 0.1) is 0 Å². The number of H-pyrrole nitrogens is 1. The molecule has 5 heteroatoms. The van der Waals surface area contributed by atoms with Crippen LogP contribution < -0.4 is 5.73 Å². The highest BCUT2D eigenvalue weighted by Crippen LogP contribution is 2.24. The average molecular weight is 298 g/mol. The van der Waals surface area contributed by atoms with E-state index in [4.69, 9.17) is 17.3 Å². The Morgan fingerprint density at radius 1 is 1.19 bits per heavy atom. The number of rotatable bonds is 3. The Hall–Kier alpha value is -2.59. The number of fused-ring (bicyclic) bond motifs is 1. The van der Waals surface area contributed by atoms with Gasteiger partial charge in [0.25, 0.3) is 0 Å². The monoisotopic (exact) mass is 297 g/mol. The zero-order valence-corrected chi connectivity index (χ0v) is 11.8. The van der Waals surface area contributed by atoms with Crippen molar-refractivity contribution >= 4 is 40.2 Å². The predicted octanol–water partition coefficient (Wildman–Crippen LogP) is 3.24. The second-order valence-electron chi connectivity index (χ2n) is 4.56. The molecule has 3 N–H and O–H groups in total. The SMILES string of the molecule is NC(=O)C(=Cc1c[nH]c2nc(Cl)ccc12)c1ccccc1. The summed E-state index contributed by atoms with van der Waals surface area (Å²) in [6.07, 6.45) is 3.53. The normalized spacial score (nSPS) is 11.8. The number of benzene rings is 1. The minimum absolute atomic E-state index is 0.415. The van der Waals surface area contributed by atoms with Crippen molar-refractivity contribution in [1.82, 2.24) is 9.97 Å². The summed E-state index contributed by atoms with van der Waals surface area (Å²) in [7, 11) is 0. The third-order valence-corrected chi connectivity index (χ3v) is 3.40. The van der Waals surface area contributed by atoms with E-state index in [-0.39, 0.29) is 0 Å². The Morgan fingerprint density at radius 2 is 1.95 bits per heavy atom. The Morgan fingerprint density at radius 3 is 2.67 bits per heavy atom. The van der Waals surface area contributed by atoms with E-state index in [1.165, 1.54) is 0 Å². The zero-order valence-electron chi connectivity index (χ0n) is 11.0. The van der Waals surface area contributed by atoms with Gasteiger partial charge in [-0.1, -0.05) is 41.9 Å². The predicted molar refractivity (Wildman–Crippen MR) is 84.6 cm³/mol. The molecule has 0 fully saturated rings. The van der Waals surface area contributed by atoms with E-state index in [2.05, 4.69) is 9.97 Å². The van der Waals surface area contributed by atoms with Gasteiger partial charge in [-0.2, -0.15) is 0 Å². The van der Waals surface area contributed by atoms with Crippen molar-refractivity contribution in [2.45, 2.75) is 0 Å². The number of hydrogen-bond donors (Lipinski definition) is 2. The fourth-order valence-electron chi connectivity index (χ4n) is 2.19. The van der Waals surface area contributed by atoms with Crippen LogP contribution in [-0.4, -0.2) is 15.9 Å². The van der Waals surface area contributed by atoms with E-state index in [1.807, 2.05) is 36.4 Å². The third-order valence-electron chi connectivity index (χ3n) is 3.19. The number of hydrogen-bond acceptors (Lipinski definition) is 2. The van der Waals surface area contributed by atoms with Crippen LogP contribution in [0.3, 0.4) is 0 Å². The maximum Gasteiger partial charge on any atom is 0.249 e. The van der Waals surface area contributed by atoms with Gasteiger partial charge >= 0.3 is 0 Å². The summed E-state index contributed by atoms with van der Waals surface area (Å²) in [4.78, 5) is 18.9. The van der Waals surface area contributed by atoms with Gasteiger partial charge < -0.3 is 10.7 Å². The van der Waals surface area contributed by atoms with Gasteiger partial charge in [0.15, 0.2) is 0 Å². The summed E-state index contributed by atoms with van der Waals surface area (Å²) >= 11 is 5.86. The molecular weight excluding hydrogens is 286 g/mol. The topological polar surface area (TPSA) is 71.8 Å². The molecule has 3 aromatic rings. The average Bonchev–Trinajstić information content (AvgIpc) is 2.87. The molecule has 104 valence electrons. The molecule has 2 heterocycles. The van der Waals surface area contributed by atoms with Crippen LogP contribution in [0.1, 0.15) is 11.1 Å². The number of nitrogens with two attached hydrogens (primary N) is 1. The molecule has 0 saturated carbocycles. The minimum atomic E-state index is -0.475. The van der Waals surface area contributed by atoms with E-state index in [9.17, 15) is 4.79 Å². The van der Waals surface area contributed by atoms with Crippen molar-refractivity contribution in [1.29, 1.82) is 0 Å². The number of carbonyl (C=O) groups is 1. The van der Waals surface area contributed by atoms with E-state index >= 15 is 0 Å². The first-order chi connectivity index (χ1) is 10.1. The molecule has 0 saturated heterocycles. The second kappa shape index (κ2) is 5.42. The van der Waals surface area contributed by atoms with Crippen LogP contribution in [0.5, 0.6) is 0 Å². The van der Waals surface area contributed by atoms with Gasteiger partial charge in [-0.3, -0.25) is 4.79 Å². The van der Waals surface area contributed by atoms with Crippen molar-refractivity contribution in [3.8, 4) is 0 Å². The fraction of sp³-hybridized carbons (Fsp3) is 0. The number of primary amides is 1. The molecule has 0 aliphatic carbocycles. The van der Waals surface area contributed by atoms with Crippen molar-refractivity contribution < 1.29 is 4.79 Å². The van der Waals surface area contributed by atoms with Crippen molar-refractivity contribution in [2.75, 3.05) is 0 Å². The van der Waals surface area contributed by atoms with Crippen LogP contribution in [0.25, 0.3) is 22.7 Å². The Labute approximate surface area is 126 Å². The zero-order chi connectivity index (χ0) is 14.8. The summed E-state index contributed by atoms with van der Waals surface area (Å²) in [5, 5.41) is 1.30. The Kier molecular flexibility index (Phi) is 3.46. The summed E-state index contributed by atoms with van der Waals surface area (Å²) in [5.41, 5.74) is 8.24. The molecule has 3 rings (SSSR count). The second-order valence-corrected chi connectivity index (χ2v) is 4.95. The minimum Gasteiger partial charge on any atom is -0.366 e. The number of amides is 1. The van der Waals surface area contributed by atoms with Gasteiger partial charge in [0.1, 0.15) is 10.8 Å². The fourth-order valence-corrected chi connectivity index (χ4v) is 2.34. The molecule has 4 nitrogen and oxygen atoms in total. The Bertz CT molecular complexity index is 837. The van der Waals surface area contributed by atoms with Crippen LogP contribution >= 0.6 is 11.6 Å². The van der Waals surface area contributed by atoms with Crippen LogP contribution in [0.15, 0.2) is 48.7 Å². The lowest BCUT2D eigenvalue weighted by Gasteiger charge is -2.03. The largest absolute Gasteiger partial charge is 0.366 e. The van der Waals surface area contributed by atoms with Gasteiger partial charge in [0, 0.05) is 22.7 Å². The van der Waals surface area contributed by atoms with Crippen LogP contribution in [-0.2, 0) is 4.79 Å². The molecule has 0 aliphatic rings. The van der Waals surface area contributed by atoms with Gasteiger partial charge in [0.05, 0.1) is 0 Å². The maximum absolute atomic E-state index is 11.7. The molecule has 0 radical (unpaired) electrons. The lowest BCUT2D eigenvalue weighted by Crippen LogP contribution is -2.12. The first-order valence-corrected chi connectivity index (χ1v) is 6.73. The Balaban J connectivity index is 2.14. The molecular formula is C16H12ClN3O.